The lowest BCUT2D eigenvalue weighted by molar-refractivity contribution is -0.0598. The van der Waals surface area contributed by atoms with Gasteiger partial charge in [-0.15, -0.1) is 0 Å². The predicted molar refractivity (Wildman–Crippen MR) is 121 cm³/mol. The van der Waals surface area contributed by atoms with Gasteiger partial charge in [-0.1, -0.05) is 56.3 Å². The standard InChI is InChI=1S/C26H29NO3/c1-18(2)19-4-6-20(7-5-19)21-8-9-23-15-24(11-10-22(23)14-21)25(29)27-13-3-12-26(30,16-27)17-28/h4-11,14-15,18,28,30H,3,12-13,16-17H2,1-2H3. The van der Waals surface area contributed by atoms with Gasteiger partial charge in [0, 0.05) is 12.1 Å². The molecule has 156 valence electrons. The fourth-order valence-corrected chi connectivity index (χ4v) is 4.22. The number of aliphatic hydroxyl groups excluding tert-OH is 1. The van der Waals surface area contributed by atoms with Crippen molar-refractivity contribution in [1.29, 1.82) is 0 Å². The maximum Gasteiger partial charge on any atom is 0.253 e. The van der Waals surface area contributed by atoms with Gasteiger partial charge in [-0.3, -0.25) is 4.79 Å². The Hall–Kier alpha value is -2.69. The highest BCUT2D eigenvalue weighted by Crippen LogP contribution is 2.28. The minimum absolute atomic E-state index is 0.100. The number of piperidine rings is 1. The molecule has 1 heterocycles. The van der Waals surface area contributed by atoms with Crippen LogP contribution >= 0.6 is 0 Å². The van der Waals surface area contributed by atoms with E-state index in [4.69, 9.17) is 0 Å². The van der Waals surface area contributed by atoms with E-state index in [9.17, 15) is 15.0 Å². The summed E-state index contributed by atoms with van der Waals surface area (Å²) in [4.78, 5) is 14.6. The molecule has 0 bridgehead atoms. The van der Waals surface area contributed by atoms with Gasteiger partial charge >= 0.3 is 0 Å². The number of carbonyl (C=O) groups excluding carboxylic acids is 1. The first-order chi connectivity index (χ1) is 14.4. The topological polar surface area (TPSA) is 60.8 Å². The molecule has 4 nitrogen and oxygen atoms in total. The molecule has 1 aliphatic rings. The molecule has 0 radical (unpaired) electrons. The van der Waals surface area contributed by atoms with E-state index in [0.29, 0.717) is 30.9 Å². The van der Waals surface area contributed by atoms with E-state index in [1.54, 1.807) is 4.90 Å². The van der Waals surface area contributed by atoms with Crippen molar-refractivity contribution in [3.05, 3.63) is 71.8 Å². The highest BCUT2D eigenvalue weighted by molar-refractivity contribution is 5.99. The highest BCUT2D eigenvalue weighted by Gasteiger charge is 2.34. The zero-order valence-electron chi connectivity index (χ0n) is 17.6. The van der Waals surface area contributed by atoms with Crippen molar-refractivity contribution in [1.82, 2.24) is 4.90 Å². The van der Waals surface area contributed by atoms with Crippen LogP contribution in [0, 0.1) is 0 Å². The summed E-state index contributed by atoms with van der Waals surface area (Å²) < 4.78 is 0. The average molecular weight is 404 g/mol. The lowest BCUT2D eigenvalue weighted by Crippen LogP contribution is -2.52. The lowest BCUT2D eigenvalue weighted by atomic mass is 9.93. The van der Waals surface area contributed by atoms with Crippen LogP contribution in [0.3, 0.4) is 0 Å². The molecule has 3 aromatic rings. The summed E-state index contributed by atoms with van der Waals surface area (Å²) >= 11 is 0. The largest absolute Gasteiger partial charge is 0.393 e. The van der Waals surface area contributed by atoms with Crippen molar-refractivity contribution >= 4 is 16.7 Å². The molecule has 1 amide bonds. The van der Waals surface area contributed by atoms with Gasteiger partial charge in [0.15, 0.2) is 0 Å². The molecule has 4 rings (SSSR count). The van der Waals surface area contributed by atoms with Crippen LogP contribution < -0.4 is 0 Å². The van der Waals surface area contributed by atoms with Gasteiger partial charge in [0.05, 0.1) is 13.2 Å². The molecular formula is C26H29NO3. The average Bonchev–Trinajstić information content (AvgIpc) is 2.78. The Morgan fingerprint density at radius 1 is 1.00 bits per heavy atom. The molecule has 0 aromatic heterocycles. The molecule has 30 heavy (non-hydrogen) atoms. The Bertz CT molecular complexity index is 1060. The number of benzene rings is 3. The van der Waals surface area contributed by atoms with Gasteiger partial charge in [0.25, 0.3) is 5.91 Å². The minimum Gasteiger partial charge on any atom is -0.393 e. The van der Waals surface area contributed by atoms with Crippen molar-refractivity contribution in [3.8, 4) is 11.1 Å². The number of carbonyl (C=O) groups is 1. The molecular weight excluding hydrogens is 374 g/mol. The van der Waals surface area contributed by atoms with Crippen LogP contribution in [0.15, 0.2) is 60.7 Å². The minimum atomic E-state index is -1.19. The Morgan fingerprint density at radius 2 is 1.67 bits per heavy atom. The second kappa shape index (κ2) is 8.21. The van der Waals surface area contributed by atoms with Crippen molar-refractivity contribution in [3.63, 3.8) is 0 Å². The summed E-state index contributed by atoms with van der Waals surface area (Å²) in [6, 6.07) is 20.7. The Balaban J connectivity index is 1.58. The molecule has 3 aromatic carbocycles. The summed E-state index contributed by atoms with van der Waals surface area (Å²) in [6.45, 7) is 4.84. The summed E-state index contributed by atoms with van der Waals surface area (Å²) in [7, 11) is 0. The molecule has 4 heteroatoms. The molecule has 0 spiro atoms. The SMILES string of the molecule is CC(C)c1ccc(-c2ccc3cc(C(=O)N4CCCC(O)(CO)C4)ccc3c2)cc1. The van der Waals surface area contributed by atoms with Crippen molar-refractivity contribution < 1.29 is 15.0 Å². The summed E-state index contributed by atoms with van der Waals surface area (Å²) in [5.41, 5.74) is 3.08. The number of rotatable bonds is 4. The molecule has 1 unspecified atom stereocenters. The normalized spacial score (nSPS) is 19.4. The summed E-state index contributed by atoms with van der Waals surface area (Å²) in [5, 5.41) is 21.9. The zero-order chi connectivity index (χ0) is 21.3. The van der Waals surface area contributed by atoms with E-state index >= 15 is 0 Å². The zero-order valence-corrected chi connectivity index (χ0v) is 17.6. The Kier molecular flexibility index (Phi) is 5.63. The van der Waals surface area contributed by atoms with Crippen LogP contribution in [0.1, 0.15) is 48.5 Å². The predicted octanol–water partition coefficient (Wildman–Crippen LogP) is 4.59. The van der Waals surface area contributed by atoms with Gasteiger partial charge in [-0.2, -0.15) is 0 Å². The molecule has 1 aliphatic heterocycles. The van der Waals surface area contributed by atoms with Crippen LogP contribution in [0.5, 0.6) is 0 Å². The van der Waals surface area contributed by atoms with E-state index < -0.39 is 5.60 Å². The number of hydrogen-bond donors (Lipinski definition) is 2. The number of nitrogens with zero attached hydrogens (tertiary/aromatic N) is 1. The van der Waals surface area contributed by atoms with Gasteiger partial charge in [-0.05, 0) is 64.4 Å². The third-order valence-electron chi connectivity index (χ3n) is 6.13. The number of aliphatic hydroxyl groups is 2. The number of likely N-dealkylation sites (tertiary alicyclic amines) is 1. The molecule has 1 fully saturated rings. The van der Waals surface area contributed by atoms with Crippen LogP contribution in [-0.2, 0) is 0 Å². The van der Waals surface area contributed by atoms with Crippen molar-refractivity contribution in [2.75, 3.05) is 19.7 Å². The third kappa shape index (κ3) is 4.11. The lowest BCUT2D eigenvalue weighted by Gasteiger charge is -2.38. The molecule has 1 saturated heterocycles. The van der Waals surface area contributed by atoms with Gasteiger partial charge in [0.2, 0.25) is 0 Å². The van der Waals surface area contributed by atoms with Crippen LogP contribution in [0.4, 0.5) is 0 Å². The van der Waals surface area contributed by atoms with E-state index in [1.807, 2.05) is 18.2 Å². The number of β-amino-alcohol motifs (C(OH)–C–C–N with tert-alkyl or cyclic N) is 1. The van der Waals surface area contributed by atoms with E-state index in [0.717, 1.165) is 16.3 Å². The quantitative estimate of drug-likeness (QED) is 0.670. The second-order valence-electron chi connectivity index (χ2n) is 8.77. The maximum absolute atomic E-state index is 13.0. The van der Waals surface area contributed by atoms with Gasteiger partial charge < -0.3 is 15.1 Å². The van der Waals surface area contributed by atoms with E-state index in [1.165, 1.54) is 11.1 Å². The first-order valence-corrected chi connectivity index (χ1v) is 10.7. The first-order valence-electron chi connectivity index (χ1n) is 10.7. The maximum atomic E-state index is 13.0. The summed E-state index contributed by atoms with van der Waals surface area (Å²) in [6.07, 6.45) is 1.21. The Morgan fingerprint density at radius 3 is 2.37 bits per heavy atom. The number of hydrogen-bond acceptors (Lipinski definition) is 3. The van der Waals surface area contributed by atoms with Gasteiger partial charge in [0.1, 0.15) is 5.60 Å². The summed E-state index contributed by atoms with van der Waals surface area (Å²) in [5.74, 6) is 0.414. The van der Waals surface area contributed by atoms with Crippen LogP contribution in [0.25, 0.3) is 21.9 Å². The molecule has 1 atom stereocenters. The van der Waals surface area contributed by atoms with E-state index in [2.05, 4.69) is 56.3 Å². The third-order valence-corrected chi connectivity index (χ3v) is 6.13. The highest BCUT2D eigenvalue weighted by atomic mass is 16.3. The van der Waals surface area contributed by atoms with E-state index in [-0.39, 0.29) is 19.1 Å². The van der Waals surface area contributed by atoms with Crippen molar-refractivity contribution in [2.45, 2.75) is 38.2 Å². The fourth-order valence-electron chi connectivity index (χ4n) is 4.22. The number of fused-ring (bicyclic) bond motifs is 1. The first kappa shape index (κ1) is 20.6. The Labute approximate surface area is 177 Å². The number of amides is 1. The smallest absolute Gasteiger partial charge is 0.253 e. The van der Waals surface area contributed by atoms with Crippen LogP contribution in [0.2, 0.25) is 0 Å². The molecule has 0 saturated carbocycles. The monoisotopic (exact) mass is 403 g/mol. The van der Waals surface area contributed by atoms with Crippen LogP contribution in [-0.4, -0.2) is 46.3 Å². The second-order valence-corrected chi connectivity index (χ2v) is 8.77. The van der Waals surface area contributed by atoms with Crippen molar-refractivity contribution in [2.24, 2.45) is 0 Å². The van der Waals surface area contributed by atoms with Gasteiger partial charge in [-0.25, -0.2) is 0 Å². The fraction of sp³-hybridized carbons (Fsp3) is 0.346. The molecule has 0 aliphatic carbocycles. The molecule has 2 N–H and O–H groups in total.